The number of nitrogens with zero attached hydrogens (tertiary/aromatic N) is 3. The minimum atomic E-state index is -0.360. The van der Waals surface area contributed by atoms with Gasteiger partial charge in [-0.3, -0.25) is 4.90 Å². The molecule has 1 fully saturated rings. The average molecular weight is 249 g/mol. The molecule has 1 aromatic rings. The molecule has 18 heavy (non-hydrogen) atoms. The van der Waals surface area contributed by atoms with Gasteiger partial charge in [-0.25, -0.2) is 4.98 Å². The topological polar surface area (TPSA) is 41.3 Å². The highest BCUT2D eigenvalue weighted by molar-refractivity contribution is 5.13. The summed E-state index contributed by atoms with van der Waals surface area (Å²) in [5, 5.41) is 10.2. The molecule has 1 aromatic heterocycles. The van der Waals surface area contributed by atoms with Crippen LogP contribution < -0.4 is 0 Å². The summed E-state index contributed by atoms with van der Waals surface area (Å²) in [7, 11) is 0. The zero-order valence-corrected chi connectivity index (χ0v) is 11.3. The van der Waals surface area contributed by atoms with E-state index in [0.29, 0.717) is 12.1 Å². The maximum Gasteiger partial charge on any atom is 0.132 e. The number of rotatable bonds is 2. The average Bonchev–Trinajstić information content (AvgIpc) is 2.94. The second-order valence-electron chi connectivity index (χ2n) is 5.84. The van der Waals surface area contributed by atoms with Crippen LogP contribution in [0.3, 0.4) is 0 Å². The summed E-state index contributed by atoms with van der Waals surface area (Å²) in [5.74, 6) is 1.09. The Morgan fingerprint density at radius 2 is 2.17 bits per heavy atom. The number of fused-ring (bicyclic) bond motifs is 1. The molecule has 4 heteroatoms. The van der Waals surface area contributed by atoms with Gasteiger partial charge >= 0.3 is 0 Å². The van der Waals surface area contributed by atoms with Crippen molar-refractivity contribution in [2.45, 2.75) is 64.3 Å². The molecule has 0 bridgehead atoms. The first-order chi connectivity index (χ1) is 8.68. The summed E-state index contributed by atoms with van der Waals surface area (Å²) < 4.78 is 2.09. The van der Waals surface area contributed by atoms with E-state index >= 15 is 0 Å². The van der Waals surface area contributed by atoms with E-state index in [-0.39, 0.29) is 6.23 Å². The second kappa shape index (κ2) is 4.67. The number of imidazole rings is 1. The Labute approximate surface area is 109 Å². The molecule has 3 heterocycles. The van der Waals surface area contributed by atoms with Gasteiger partial charge in [0, 0.05) is 17.9 Å². The third kappa shape index (κ3) is 1.88. The van der Waals surface area contributed by atoms with E-state index in [4.69, 9.17) is 0 Å². The van der Waals surface area contributed by atoms with Crippen LogP contribution in [0, 0.1) is 0 Å². The summed E-state index contributed by atoms with van der Waals surface area (Å²) in [4.78, 5) is 7.14. The lowest BCUT2D eigenvalue weighted by molar-refractivity contribution is 0.0686. The van der Waals surface area contributed by atoms with E-state index in [1.807, 2.05) is 6.20 Å². The summed E-state index contributed by atoms with van der Waals surface area (Å²) in [6.07, 6.45) is 7.01. The maximum atomic E-state index is 10.2. The number of aromatic nitrogens is 2. The van der Waals surface area contributed by atoms with Crippen molar-refractivity contribution in [1.29, 1.82) is 0 Å². The molecule has 0 radical (unpaired) electrons. The monoisotopic (exact) mass is 249 g/mol. The van der Waals surface area contributed by atoms with Gasteiger partial charge in [-0.05, 0) is 52.5 Å². The predicted molar refractivity (Wildman–Crippen MR) is 70.2 cm³/mol. The predicted octanol–water partition coefficient (Wildman–Crippen LogP) is 2.26. The number of hydrogen-bond donors (Lipinski definition) is 1. The molecular formula is C14H23N3O. The van der Waals surface area contributed by atoms with Crippen LogP contribution in [0.4, 0.5) is 0 Å². The smallest absolute Gasteiger partial charge is 0.132 e. The van der Waals surface area contributed by atoms with Gasteiger partial charge in [-0.1, -0.05) is 0 Å². The standard InChI is InChI=1S/C14H23N3O/c1-10(2)16-8-4-6-12(16)14-15-9-11-5-3-7-13(18)17(11)14/h9-10,12-13,18H,3-8H2,1-2H3. The molecule has 0 aliphatic carbocycles. The lowest BCUT2D eigenvalue weighted by Crippen LogP contribution is -2.33. The maximum absolute atomic E-state index is 10.2. The van der Waals surface area contributed by atoms with Crippen molar-refractivity contribution in [3.8, 4) is 0 Å². The summed E-state index contributed by atoms with van der Waals surface area (Å²) in [6, 6.07) is 0.942. The molecule has 0 saturated carbocycles. The minimum Gasteiger partial charge on any atom is -0.373 e. The van der Waals surface area contributed by atoms with Crippen molar-refractivity contribution >= 4 is 0 Å². The van der Waals surface area contributed by atoms with Crippen LogP contribution >= 0.6 is 0 Å². The third-order valence-corrected chi connectivity index (χ3v) is 4.35. The Hall–Kier alpha value is -0.870. The molecule has 3 rings (SSSR count). The fourth-order valence-electron chi connectivity index (χ4n) is 3.47. The highest BCUT2D eigenvalue weighted by Crippen LogP contribution is 2.36. The van der Waals surface area contributed by atoms with E-state index in [1.54, 1.807) is 0 Å². The van der Waals surface area contributed by atoms with Gasteiger partial charge in [0.2, 0.25) is 0 Å². The largest absolute Gasteiger partial charge is 0.373 e. The van der Waals surface area contributed by atoms with Crippen LogP contribution in [0.25, 0.3) is 0 Å². The molecule has 1 N–H and O–H groups in total. The summed E-state index contributed by atoms with van der Waals surface area (Å²) in [5.41, 5.74) is 1.21. The van der Waals surface area contributed by atoms with Crippen LogP contribution in [-0.2, 0) is 6.42 Å². The summed E-state index contributed by atoms with van der Waals surface area (Å²) >= 11 is 0. The van der Waals surface area contributed by atoms with Crippen molar-refractivity contribution in [2.75, 3.05) is 6.54 Å². The minimum absolute atomic E-state index is 0.360. The van der Waals surface area contributed by atoms with Gasteiger partial charge < -0.3 is 9.67 Å². The van der Waals surface area contributed by atoms with Crippen molar-refractivity contribution in [3.63, 3.8) is 0 Å². The van der Waals surface area contributed by atoms with Gasteiger partial charge in [0.1, 0.15) is 12.1 Å². The Kier molecular flexibility index (Phi) is 3.16. The summed E-state index contributed by atoms with van der Waals surface area (Å²) in [6.45, 7) is 5.64. The number of aliphatic hydroxyl groups is 1. The normalized spacial score (nSPS) is 28.9. The number of likely N-dealkylation sites (tertiary alicyclic amines) is 1. The third-order valence-electron chi connectivity index (χ3n) is 4.35. The van der Waals surface area contributed by atoms with Crippen LogP contribution in [0.1, 0.15) is 63.3 Å². The fraction of sp³-hybridized carbons (Fsp3) is 0.786. The van der Waals surface area contributed by atoms with E-state index in [9.17, 15) is 5.11 Å². The Morgan fingerprint density at radius 3 is 2.94 bits per heavy atom. The van der Waals surface area contributed by atoms with Gasteiger partial charge in [-0.2, -0.15) is 0 Å². The van der Waals surface area contributed by atoms with E-state index < -0.39 is 0 Å². The van der Waals surface area contributed by atoms with Gasteiger partial charge in [0.15, 0.2) is 0 Å². The Bertz CT molecular complexity index is 427. The molecule has 0 amide bonds. The quantitative estimate of drug-likeness (QED) is 0.874. The molecule has 0 spiro atoms. The first-order valence-corrected chi connectivity index (χ1v) is 7.18. The van der Waals surface area contributed by atoms with E-state index in [2.05, 4.69) is 28.3 Å². The highest BCUT2D eigenvalue weighted by atomic mass is 16.3. The first kappa shape index (κ1) is 12.2. The van der Waals surface area contributed by atoms with Crippen LogP contribution in [-0.4, -0.2) is 32.1 Å². The molecule has 100 valence electrons. The SMILES string of the molecule is CC(C)N1CCCC1c1ncc2n1C(O)CCC2. The molecule has 1 saturated heterocycles. The van der Waals surface area contributed by atoms with E-state index in [1.165, 1.54) is 18.5 Å². The molecule has 2 aliphatic heterocycles. The zero-order valence-electron chi connectivity index (χ0n) is 11.3. The van der Waals surface area contributed by atoms with E-state index in [0.717, 1.165) is 31.6 Å². The molecular weight excluding hydrogens is 226 g/mol. The van der Waals surface area contributed by atoms with Crippen molar-refractivity contribution < 1.29 is 5.11 Å². The fourth-order valence-corrected chi connectivity index (χ4v) is 3.47. The highest BCUT2D eigenvalue weighted by Gasteiger charge is 2.33. The Morgan fingerprint density at radius 1 is 1.33 bits per heavy atom. The molecule has 4 nitrogen and oxygen atoms in total. The second-order valence-corrected chi connectivity index (χ2v) is 5.84. The van der Waals surface area contributed by atoms with Gasteiger partial charge in [-0.15, -0.1) is 0 Å². The van der Waals surface area contributed by atoms with Crippen molar-refractivity contribution in [1.82, 2.24) is 14.5 Å². The molecule has 0 aromatic carbocycles. The molecule has 2 atom stereocenters. The lowest BCUT2D eigenvalue weighted by Gasteiger charge is -2.31. The van der Waals surface area contributed by atoms with Crippen LogP contribution in [0.15, 0.2) is 6.20 Å². The molecule has 2 aliphatic rings. The van der Waals surface area contributed by atoms with Crippen LogP contribution in [0.5, 0.6) is 0 Å². The first-order valence-electron chi connectivity index (χ1n) is 7.18. The van der Waals surface area contributed by atoms with Crippen molar-refractivity contribution in [2.24, 2.45) is 0 Å². The van der Waals surface area contributed by atoms with Crippen molar-refractivity contribution in [3.05, 3.63) is 17.7 Å². The Balaban J connectivity index is 1.95. The van der Waals surface area contributed by atoms with Gasteiger partial charge in [0.25, 0.3) is 0 Å². The molecule has 2 unspecified atom stereocenters. The lowest BCUT2D eigenvalue weighted by atomic mass is 10.1. The number of aliphatic hydroxyl groups excluding tert-OH is 1. The zero-order chi connectivity index (χ0) is 12.7. The van der Waals surface area contributed by atoms with Gasteiger partial charge in [0.05, 0.1) is 6.04 Å². The number of aryl methyl sites for hydroxylation is 1. The number of hydrogen-bond acceptors (Lipinski definition) is 3. The van der Waals surface area contributed by atoms with Crippen LogP contribution in [0.2, 0.25) is 0 Å².